The average molecular weight is 196 g/mol. The van der Waals surface area contributed by atoms with Gasteiger partial charge in [0.2, 0.25) is 0 Å². The third-order valence-corrected chi connectivity index (χ3v) is 3.55. The Morgan fingerprint density at radius 3 is 2.79 bits per heavy atom. The second-order valence-corrected chi connectivity index (χ2v) is 4.13. The Morgan fingerprint density at radius 1 is 1.50 bits per heavy atom. The largest absolute Gasteiger partial charge is 0.469 e. The van der Waals surface area contributed by atoms with Crippen LogP contribution < -0.4 is 0 Å². The number of carbonyl (C=O) groups excluding carboxylic acids is 1. The third-order valence-electron chi connectivity index (χ3n) is 3.55. The lowest BCUT2D eigenvalue weighted by molar-refractivity contribution is -0.160. The quantitative estimate of drug-likeness (QED) is 0.496. The summed E-state index contributed by atoms with van der Waals surface area (Å²) in [5, 5.41) is 0. The second-order valence-electron chi connectivity index (χ2n) is 4.13. The summed E-state index contributed by atoms with van der Waals surface area (Å²) in [4.78, 5) is 11.6. The zero-order valence-electron chi connectivity index (χ0n) is 8.66. The maximum absolute atomic E-state index is 11.6. The van der Waals surface area contributed by atoms with Gasteiger partial charge in [-0.3, -0.25) is 4.79 Å². The molecule has 0 amide bonds. The van der Waals surface area contributed by atoms with Gasteiger partial charge in [-0.1, -0.05) is 12.2 Å². The lowest BCUT2D eigenvalue weighted by Gasteiger charge is -2.45. The van der Waals surface area contributed by atoms with Crippen LogP contribution in [0.5, 0.6) is 0 Å². The Bertz CT molecular complexity index is 272. The van der Waals surface area contributed by atoms with E-state index in [-0.39, 0.29) is 17.5 Å². The summed E-state index contributed by atoms with van der Waals surface area (Å²) >= 11 is 0. The molecule has 3 heteroatoms. The summed E-state index contributed by atoms with van der Waals surface area (Å²) in [6.45, 7) is 0. The minimum Gasteiger partial charge on any atom is -0.469 e. The van der Waals surface area contributed by atoms with Crippen LogP contribution in [0.2, 0.25) is 0 Å². The van der Waals surface area contributed by atoms with Gasteiger partial charge in [0.25, 0.3) is 0 Å². The van der Waals surface area contributed by atoms with Crippen LogP contribution in [0.3, 0.4) is 0 Å². The summed E-state index contributed by atoms with van der Waals surface area (Å²) in [6, 6.07) is 0. The second kappa shape index (κ2) is 3.39. The van der Waals surface area contributed by atoms with Crippen LogP contribution in [0.25, 0.3) is 0 Å². The maximum atomic E-state index is 11.6. The van der Waals surface area contributed by atoms with Crippen molar-refractivity contribution in [3.63, 3.8) is 0 Å². The van der Waals surface area contributed by atoms with Gasteiger partial charge in [0, 0.05) is 7.11 Å². The fourth-order valence-electron chi connectivity index (χ4n) is 2.63. The first-order valence-corrected chi connectivity index (χ1v) is 5.04. The minimum absolute atomic E-state index is 0.110. The molecule has 0 aromatic heterocycles. The van der Waals surface area contributed by atoms with Crippen molar-refractivity contribution in [2.75, 3.05) is 14.2 Å². The Kier molecular flexibility index (Phi) is 2.35. The Morgan fingerprint density at radius 2 is 2.29 bits per heavy atom. The Labute approximate surface area is 84.1 Å². The molecule has 0 radical (unpaired) electrons. The molecule has 3 nitrogen and oxygen atoms in total. The molecule has 0 saturated heterocycles. The van der Waals surface area contributed by atoms with Crippen LogP contribution in [0.1, 0.15) is 19.3 Å². The van der Waals surface area contributed by atoms with E-state index in [0.29, 0.717) is 5.92 Å². The van der Waals surface area contributed by atoms with Crippen LogP contribution in [0.15, 0.2) is 12.2 Å². The number of fused-ring (bicyclic) bond motifs is 2. The zero-order chi connectivity index (χ0) is 10.2. The predicted octanol–water partition coefficient (Wildman–Crippen LogP) is 1.53. The van der Waals surface area contributed by atoms with Gasteiger partial charge in [-0.2, -0.15) is 0 Å². The molecule has 3 rings (SSSR count). The van der Waals surface area contributed by atoms with Crippen molar-refractivity contribution in [2.24, 2.45) is 11.8 Å². The highest BCUT2D eigenvalue weighted by molar-refractivity contribution is 5.75. The topological polar surface area (TPSA) is 35.5 Å². The van der Waals surface area contributed by atoms with Crippen molar-refractivity contribution < 1.29 is 14.3 Å². The summed E-state index contributed by atoms with van der Waals surface area (Å²) in [5.41, 5.74) is -0.387. The first-order valence-electron chi connectivity index (χ1n) is 5.04. The van der Waals surface area contributed by atoms with E-state index in [0.717, 1.165) is 19.3 Å². The predicted molar refractivity (Wildman–Crippen MR) is 51.7 cm³/mol. The number of rotatable bonds is 2. The standard InChI is InChI=1S/C11H16O3/c1-13-10(12)9-7-8-3-5-11(9,14-2)6-4-8/h3,5,8-9H,4,6-7H2,1-2H3/t8-,9-,11-/m0/s1. The summed E-state index contributed by atoms with van der Waals surface area (Å²) in [7, 11) is 3.11. The average Bonchev–Trinajstić information content (AvgIpc) is 2.29. The summed E-state index contributed by atoms with van der Waals surface area (Å²) in [5.74, 6) is 0.290. The molecule has 78 valence electrons. The van der Waals surface area contributed by atoms with Crippen LogP contribution in [0.4, 0.5) is 0 Å². The van der Waals surface area contributed by atoms with Crippen molar-refractivity contribution in [3.8, 4) is 0 Å². The number of ether oxygens (including phenoxy) is 2. The molecule has 3 atom stereocenters. The third kappa shape index (κ3) is 1.27. The first-order chi connectivity index (χ1) is 6.72. The van der Waals surface area contributed by atoms with Gasteiger partial charge in [-0.05, 0) is 25.2 Å². The Hall–Kier alpha value is -0.830. The van der Waals surface area contributed by atoms with E-state index < -0.39 is 0 Å². The highest BCUT2D eigenvalue weighted by Gasteiger charge is 2.49. The number of hydrogen-bond acceptors (Lipinski definition) is 3. The number of hydrogen-bond donors (Lipinski definition) is 0. The lowest BCUT2D eigenvalue weighted by Crippen LogP contribution is -2.49. The van der Waals surface area contributed by atoms with Gasteiger partial charge in [-0.15, -0.1) is 0 Å². The molecule has 2 bridgehead atoms. The molecule has 0 heterocycles. The van der Waals surface area contributed by atoms with Crippen molar-refractivity contribution in [2.45, 2.75) is 24.9 Å². The van der Waals surface area contributed by atoms with Crippen molar-refractivity contribution in [1.82, 2.24) is 0 Å². The molecule has 0 N–H and O–H groups in total. The van der Waals surface area contributed by atoms with E-state index in [9.17, 15) is 4.79 Å². The monoisotopic (exact) mass is 196 g/mol. The molecule has 0 aromatic rings. The summed E-state index contributed by atoms with van der Waals surface area (Å²) in [6.07, 6.45) is 7.15. The van der Waals surface area contributed by atoms with Crippen molar-refractivity contribution >= 4 is 5.97 Å². The smallest absolute Gasteiger partial charge is 0.311 e. The highest BCUT2D eigenvalue weighted by Crippen LogP contribution is 2.45. The maximum Gasteiger partial charge on any atom is 0.311 e. The fraction of sp³-hybridized carbons (Fsp3) is 0.727. The molecule has 14 heavy (non-hydrogen) atoms. The minimum atomic E-state index is -0.387. The molecular formula is C11H16O3. The molecule has 0 aliphatic heterocycles. The number of carbonyl (C=O) groups is 1. The van der Waals surface area contributed by atoms with Gasteiger partial charge >= 0.3 is 5.97 Å². The van der Waals surface area contributed by atoms with Crippen LogP contribution in [0, 0.1) is 11.8 Å². The number of esters is 1. The molecule has 0 unspecified atom stereocenters. The molecule has 3 aliphatic carbocycles. The van der Waals surface area contributed by atoms with E-state index in [1.165, 1.54) is 7.11 Å². The molecule has 1 fully saturated rings. The van der Waals surface area contributed by atoms with Gasteiger partial charge in [-0.25, -0.2) is 0 Å². The number of methoxy groups -OCH3 is 2. The van der Waals surface area contributed by atoms with Crippen LogP contribution in [-0.2, 0) is 14.3 Å². The SMILES string of the molecule is COC(=O)[C@@H]1C[C@H]2C=C[C@]1(OC)CC2. The van der Waals surface area contributed by atoms with Crippen LogP contribution >= 0.6 is 0 Å². The van der Waals surface area contributed by atoms with Gasteiger partial charge in [0.05, 0.1) is 18.6 Å². The lowest BCUT2D eigenvalue weighted by atomic mass is 9.66. The molecular weight excluding hydrogens is 180 g/mol. The first kappa shape index (κ1) is 9.71. The molecule has 3 aliphatic rings. The zero-order valence-corrected chi connectivity index (χ0v) is 8.66. The van der Waals surface area contributed by atoms with E-state index in [2.05, 4.69) is 6.08 Å². The Balaban J connectivity index is 2.27. The molecule has 1 saturated carbocycles. The van der Waals surface area contributed by atoms with E-state index in [1.807, 2.05) is 6.08 Å². The van der Waals surface area contributed by atoms with Crippen molar-refractivity contribution in [1.29, 1.82) is 0 Å². The normalized spacial score (nSPS) is 39.9. The molecule has 0 spiro atoms. The fourth-order valence-corrected chi connectivity index (χ4v) is 2.63. The van der Waals surface area contributed by atoms with E-state index in [1.54, 1.807) is 7.11 Å². The summed E-state index contributed by atoms with van der Waals surface area (Å²) < 4.78 is 10.3. The molecule has 0 aromatic carbocycles. The van der Waals surface area contributed by atoms with Crippen molar-refractivity contribution in [3.05, 3.63) is 12.2 Å². The van der Waals surface area contributed by atoms with Gasteiger partial charge in [0.15, 0.2) is 0 Å². The van der Waals surface area contributed by atoms with Gasteiger partial charge < -0.3 is 9.47 Å². The van der Waals surface area contributed by atoms with Crippen LogP contribution in [-0.4, -0.2) is 25.8 Å². The number of allylic oxidation sites excluding steroid dienone is 1. The van der Waals surface area contributed by atoms with E-state index >= 15 is 0 Å². The highest BCUT2D eigenvalue weighted by atomic mass is 16.5. The van der Waals surface area contributed by atoms with Gasteiger partial charge in [0.1, 0.15) is 0 Å². The van der Waals surface area contributed by atoms with E-state index in [4.69, 9.17) is 9.47 Å².